The van der Waals surface area contributed by atoms with Crippen LogP contribution in [0.4, 0.5) is 0 Å². The Bertz CT molecular complexity index is 1240. The van der Waals surface area contributed by atoms with Gasteiger partial charge in [-0.2, -0.15) is 0 Å². The molecule has 0 spiro atoms. The molecule has 172 valence electrons. The van der Waals surface area contributed by atoms with Gasteiger partial charge in [0.05, 0.1) is 16.6 Å². The molecule has 1 saturated carbocycles. The summed E-state index contributed by atoms with van der Waals surface area (Å²) in [7, 11) is 0. The number of carbonyl (C=O) groups excluding carboxylic acids is 1. The SMILES string of the molecule is CC[C@](C)(N)c1cnc(OC2CC2)c2cnc(Cc3ccc4c(n3)[C@@H](C)[C@H](C)OC4=O)cc12. The first-order valence-electron chi connectivity index (χ1n) is 11.7. The lowest BCUT2D eigenvalue weighted by molar-refractivity contribution is 0.0234. The predicted octanol–water partition coefficient (Wildman–Crippen LogP) is 4.40. The molecule has 5 rings (SSSR count). The van der Waals surface area contributed by atoms with Crippen LogP contribution in [0.2, 0.25) is 0 Å². The lowest BCUT2D eigenvalue weighted by Gasteiger charge is -2.27. The first-order valence-corrected chi connectivity index (χ1v) is 11.7. The van der Waals surface area contributed by atoms with Crippen molar-refractivity contribution in [2.24, 2.45) is 5.73 Å². The van der Waals surface area contributed by atoms with Crippen LogP contribution in [-0.2, 0) is 16.7 Å². The fraction of sp³-hybridized carbons (Fsp3) is 0.462. The number of nitrogens with zero attached hydrogens (tertiary/aromatic N) is 3. The standard InChI is InChI=1S/C26H30N4O3/c1-5-26(4,27)22-13-29-24(33-18-7-8-18)21-12-28-17(11-20(21)22)10-16-6-9-19-23(30-16)14(2)15(3)32-25(19)31/h6,9,11-15,18H,5,7-8,10,27H2,1-4H3/t14-,15-,26-/m0/s1. The van der Waals surface area contributed by atoms with Gasteiger partial charge in [0.2, 0.25) is 5.88 Å². The van der Waals surface area contributed by atoms with Gasteiger partial charge in [-0.25, -0.2) is 9.78 Å². The Morgan fingerprint density at radius 1 is 1.15 bits per heavy atom. The van der Waals surface area contributed by atoms with Gasteiger partial charge in [-0.3, -0.25) is 9.97 Å². The van der Waals surface area contributed by atoms with Crippen LogP contribution in [0.1, 0.15) is 85.9 Å². The van der Waals surface area contributed by atoms with E-state index in [0.717, 1.165) is 52.7 Å². The monoisotopic (exact) mass is 446 g/mol. The third-order valence-electron chi connectivity index (χ3n) is 6.94. The highest BCUT2D eigenvalue weighted by Crippen LogP contribution is 2.36. The highest BCUT2D eigenvalue weighted by Gasteiger charge is 2.32. The molecule has 7 heteroatoms. The van der Waals surface area contributed by atoms with Crippen molar-refractivity contribution >= 4 is 16.7 Å². The summed E-state index contributed by atoms with van der Waals surface area (Å²) in [5.41, 5.74) is 10.2. The maximum atomic E-state index is 12.2. The first kappa shape index (κ1) is 21.8. The second-order valence-electron chi connectivity index (χ2n) is 9.60. The highest BCUT2D eigenvalue weighted by atomic mass is 16.5. The number of fused-ring (bicyclic) bond motifs is 2. The Kier molecular flexibility index (Phi) is 5.32. The number of nitrogens with two attached hydrogens (primary N) is 1. The van der Waals surface area contributed by atoms with Gasteiger partial charge in [-0.1, -0.05) is 13.8 Å². The Morgan fingerprint density at radius 2 is 1.94 bits per heavy atom. The van der Waals surface area contributed by atoms with Gasteiger partial charge in [0.1, 0.15) is 12.2 Å². The molecule has 0 bridgehead atoms. The van der Waals surface area contributed by atoms with Crippen molar-refractivity contribution in [1.29, 1.82) is 0 Å². The van der Waals surface area contributed by atoms with Crippen molar-refractivity contribution in [3.05, 3.63) is 58.8 Å². The van der Waals surface area contributed by atoms with Gasteiger partial charge < -0.3 is 15.2 Å². The Labute approximate surface area is 193 Å². The van der Waals surface area contributed by atoms with Gasteiger partial charge in [-0.05, 0) is 62.3 Å². The smallest absolute Gasteiger partial charge is 0.340 e. The van der Waals surface area contributed by atoms with E-state index in [2.05, 4.69) is 18.0 Å². The summed E-state index contributed by atoms with van der Waals surface area (Å²) in [6, 6.07) is 5.77. The molecule has 3 atom stereocenters. The van der Waals surface area contributed by atoms with Crippen LogP contribution >= 0.6 is 0 Å². The Hall–Kier alpha value is -3.06. The lowest BCUT2D eigenvalue weighted by Crippen LogP contribution is -2.32. The Balaban J connectivity index is 1.54. The topological polar surface area (TPSA) is 100 Å². The van der Waals surface area contributed by atoms with Crippen LogP contribution in [0.15, 0.2) is 30.6 Å². The van der Waals surface area contributed by atoms with Gasteiger partial charge in [0.25, 0.3) is 0 Å². The van der Waals surface area contributed by atoms with Crippen LogP contribution in [0, 0.1) is 0 Å². The van der Waals surface area contributed by atoms with Crippen molar-refractivity contribution in [3.8, 4) is 5.88 Å². The molecule has 0 unspecified atom stereocenters. The Morgan fingerprint density at radius 3 is 2.67 bits per heavy atom. The van der Waals surface area contributed by atoms with Crippen LogP contribution in [0.5, 0.6) is 5.88 Å². The summed E-state index contributed by atoms with van der Waals surface area (Å²) >= 11 is 0. The maximum absolute atomic E-state index is 12.2. The summed E-state index contributed by atoms with van der Waals surface area (Å²) in [5, 5.41) is 1.90. The molecule has 3 aromatic rings. The molecule has 0 aromatic carbocycles. The van der Waals surface area contributed by atoms with E-state index in [1.165, 1.54) is 0 Å². The van der Waals surface area contributed by atoms with E-state index in [0.29, 0.717) is 17.9 Å². The molecule has 2 N–H and O–H groups in total. The fourth-order valence-electron chi connectivity index (χ4n) is 4.21. The molecule has 4 heterocycles. The summed E-state index contributed by atoms with van der Waals surface area (Å²) in [5.74, 6) is 0.362. The van der Waals surface area contributed by atoms with Crippen molar-refractivity contribution in [2.75, 3.05) is 0 Å². The zero-order valence-corrected chi connectivity index (χ0v) is 19.6. The maximum Gasteiger partial charge on any atom is 0.340 e. The highest BCUT2D eigenvalue weighted by molar-refractivity contribution is 5.92. The van der Waals surface area contributed by atoms with Crippen LogP contribution < -0.4 is 10.5 Å². The van der Waals surface area contributed by atoms with Gasteiger partial charge >= 0.3 is 5.97 Å². The minimum absolute atomic E-state index is 0.0459. The zero-order valence-electron chi connectivity index (χ0n) is 19.6. The molecule has 1 aliphatic heterocycles. The average molecular weight is 447 g/mol. The van der Waals surface area contributed by atoms with Crippen molar-refractivity contribution < 1.29 is 14.3 Å². The minimum Gasteiger partial charge on any atom is -0.474 e. The van der Waals surface area contributed by atoms with Crippen molar-refractivity contribution in [3.63, 3.8) is 0 Å². The summed E-state index contributed by atoms with van der Waals surface area (Å²) in [4.78, 5) is 26.3. The second-order valence-corrected chi connectivity index (χ2v) is 9.60. The van der Waals surface area contributed by atoms with Crippen LogP contribution in [0.3, 0.4) is 0 Å². The van der Waals surface area contributed by atoms with E-state index >= 15 is 0 Å². The molecule has 1 fully saturated rings. The van der Waals surface area contributed by atoms with E-state index in [4.69, 9.17) is 25.2 Å². The number of hydrogen-bond acceptors (Lipinski definition) is 7. The van der Waals surface area contributed by atoms with E-state index in [9.17, 15) is 4.79 Å². The third kappa shape index (κ3) is 4.06. The van der Waals surface area contributed by atoms with E-state index in [1.807, 2.05) is 45.3 Å². The molecule has 0 radical (unpaired) electrons. The van der Waals surface area contributed by atoms with E-state index in [1.54, 1.807) is 0 Å². The normalized spacial score (nSPS) is 21.9. The quantitative estimate of drug-likeness (QED) is 0.560. The number of aromatic nitrogens is 3. The van der Waals surface area contributed by atoms with Crippen molar-refractivity contribution in [1.82, 2.24) is 15.0 Å². The number of ether oxygens (including phenoxy) is 2. The molecular weight excluding hydrogens is 416 g/mol. The molecule has 33 heavy (non-hydrogen) atoms. The number of hydrogen-bond donors (Lipinski definition) is 1. The first-order chi connectivity index (χ1) is 15.8. The molecular formula is C26H30N4O3. The summed E-state index contributed by atoms with van der Waals surface area (Å²) in [6.07, 6.45) is 7.20. The number of cyclic esters (lactones) is 1. The molecule has 1 aliphatic carbocycles. The van der Waals surface area contributed by atoms with Crippen LogP contribution in [0.25, 0.3) is 10.8 Å². The second kappa shape index (κ2) is 8.06. The number of esters is 1. The molecule has 7 nitrogen and oxygen atoms in total. The number of pyridine rings is 3. The largest absolute Gasteiger partial charge is 0.474 e. The molecule has 3 aromatic heterocycles. The molecule has 0 amide bonds. The van der Waals surface area contributed by atoms with Gasteiger partial charge in [0.15, 0.2) is 0 Å². The average Bonchev–Trinajstić information content (AvgIpc) is 3.61. The minimum atomic E-state index is -0.516. The van der Waals surface area contributed by atoms with E-state index in [-0.39, 0.29) is 24.1 Å². The predicted molar refractivity (Wildman–Crippen MR) is 125 cm³/mol. The van der Waals surface area contributed by atoms with Crippen LogP contribution in [-0.4, -0.2) is 33.1 Å². The summed E-state index contributed by atoms with van der Waals surface area (Å²) < 4.78 is 11.5. The van der Waals surface area contributed by atoms with E-state index < -0.39 is 5.54 Å². The molecule has 0 saturated heterocycles. The van der Waals surface area contributed by atoms with Gasteiger partial charge in [0, 0.05) is 41.7 Å². The number of carbonyl (C=O) groups is 1. The summed E-state index contributed by atoms with van der Waals surface area (Å²) in [6.45, 7) is 8.04. The molecule has 2 aliphatic rings. The lowest BCUT2D eigenvalue weighted by atomic mass is 9.88. The van der Waals surface area contributed by atoms with Crippen molar-refractivity contribution in [2.45, 2.75) is 77.0 Å². The zero-order chi connectivity index (χ0) is 23.3. The van der Waals surface area contributed by atoms with Gasteiger partial charge in [-0.15, -0.1) is 0 Å². The fourth-order valence-corrected chi connectivity index (χ4v) is 4.21. The third-order valence-corrected chi connectivity index (χ3v) is 6.94. The number of rotatable bonds is 6.